The zero-order valence-corrected chi connectivity index (χ0v) is 17.5. The fraction of sp³-hybridized carbons (Fsp3) is 0.417. The molecule has 2 aliphatic rings. The van der Waals surface area contributed by atoms with Crippen molar-refractivity contribution < 1.29 is 28.9 Å². The second kappa shape index (κ2) is 9.08. The van der Waals surface area contributed by atoms with Crippen LogP contribution < -0.4 is 5.32 Å². The minimum atomic E-state index is -1.09. The number of carboxylic acids is 1. The Kier molecular flexibility index (Phi) is 6.25. The first-order valence-electron chi connectivity index (χ1n) is 10.6. The van der Waals surface area contributed by atoms with Crippen LogP contribution in [0.3, 0.4) is 0 Å². The van der Waals surface area contributed by atoms with Crippen molar-refractivity contribution in [2.24, 2.45) is 0 Å². The highest BCUT2D eigenvalue weighted by Gasteiger charge is 2.32. The summed E-state index contributed by atoms with van der Waals surface area (Å²) in [5.74, 6) is -1.84. The lowest BCUT2D eigenvalue weighted by atomic mass is 9.98. The number of ether oxygens (including phenoxy) is 3. The molecule has 0 radical (unpaired) electrons. The van der Waals surface area contributed by atoms with Gasteiger partial charge in [0.2, 0.25) is 0 Å². The van der Waals surface area contributed by atoms with Gasteiger partial charge in [-0.15, -0.1) is 0 Å². The molecule has 4 rings (SSSR count). The predicted molar refractivity (Wildman–Crippen MR) is 114 cm³/mol. The summed E-state index contributed by atoms with van der Waals surface area (Å²) in [5, 5.41) is 12.0. The maximum atomic E-state index is 12.4. The van der Waals surface area contributed by atoms with E-state index < -0.39 is 23.9 Å². The van der Waals surface area contributed by atoms with E-state index in [0.717, 1.165) is 22.3 Å². The van der Waals surface area contributed by atoms with Crippen molar-refractivity contribution in [3.8, 4) is 11.1 Å². The van der Waals surface area contributed by atoms with Crippen molar-refractivity contribution in [1.82, 2.24) is 5.32 Å². The van der Waals surface area contributed by atoms with Gasteiger partial charge in [0, 0.05) is 12.3 Å². The molecule has 2 N–H and O–H groups in total. The standard InChI is InChI=1S/C24H27NO6/c1-24(30-13-14-31-24)12-6-11-21(22(26)27)25-23(28)29-15-20-18-9-4-2-7-16(18)17-8-3-5-10-19(17)20/h2-5,7-10,20-21H,6,11-15H2,1H3,(H,25,28)(H,26,27)/t21-/m0/s1. The molecule has 1 saturated heterocycles. The van der Waals surface area contributed by atoms with Gasteiger partial charge in [0.25, 0.3) is 0 Å². The minimum Gasteiger partial charge on any atom is -0.480 e. The molecule has 1 atom stereocenters. The molecular weight excluding hydrogens is 398 g/mol. The fourth-order valence-corrected chi connectivity index (χ4v) is 4.37. The average Bonchev–Trinajstić information content (AvgIpc) is 3.33. The first-order chi connectivity index (χ1) is 15.0. The number of rotatable bonds is 8. The van der Waals surface area contributed by atoms with Crippen molar-refractivity contribution in [3.05, 3.63) is 59.7 Å². The molecule has 164 valence electrons. The van der Waals surface area contributed by atoms with Crippen LogP contribution in [0.15, 0.2) is 48.5 Å². The van der Waals surface area contributed by atoms with Gasteiger partial charge in [-0.25, -0.2) is 9.59 Å². The molecule has 0 bridgehead atoms. The van der Waals surface area contributed by atoms with Crippen molar-refractivity contribution in [2.45, 2.75) is 43.9 Å². The molecule has 1 fully saturated rings. The number of carbonyl (C=O) groups excluding carboxylic acids is 1. The van der Waals surface area contributed by atoms with E-state index in [0.29, 0.717) is 26.1 Å². The zero-order chi connectivity index (χ0) is 21.8. The summed E-state index contributed by atoms with van der Waals surface area (Å²) in [6, 6.07) is 15.1. The largest absolute Gasteiger partial charge is 0.480 e. The molecule has 0 aromatic heterocycles. The Balaban J connectivity index is 1.33. The van der Waals surface area contributed by atoms with Crippen molar-refractivity contribution >= 4 is 12.1 Å². The summed E-state index contributed by atoms with van der Waals surface area (Å²) in [7, 11) is 0. The van der Waals surface area contributed by atoms with Crippen LogP contribution in [0.4, 0.5) is 4.79 Å². The van der Waals surface area contributed by atoms with Gasteiger partial charge in [0.15, 0.2) is 5.79 Å². The lowest BCUT2D eigenvalue weighted by molar-refractivity contribution is -0.149. The summed E-state index contributed by atoms with van der Waals surface area (Å²) in [6.07, 6.45) is 0.635. The summed E-state index contributed by atoms with van der Waals surface area (Å²) in [5.41, 5.74) is 4.49. The van der Waals surface area contributed by atoms with Gasteiger partial charge in [0.1, 0.15) is 12.6 Å². The summed E-state index contributed by atoms with van der Waals surface area (Å²) in [6.45, 7) is 3.06. The molecule has 0 saturated carbocycles. The van der Waals surface area contributed by atoms with Crippen LogP contribution in [0.5, 0.6) is 0 Å². The number of hydrogen-bond acceptors (Lipinski definition) is 5. The van der Waals surface area contributed by atoms with Crippen LogP contribution in [0.2, 0.25) is 0 Å². The number of hydrogen-bond donors (Lipinski definition) is 2. The maximum absolute atomic E-state index is 12.4. The topological polar surface area (TPSA) is 94.1 Å². The number of aliphatic carboxylic acids is 1. The first kappa shape index (κ1) is 21.3. The van der Waals surface area contributed by atoms with E-state index in [1.54, 1.807) is 0 Å². The van der Waals surface area contributed by atoms with Crippen LogP contribution in [0.1, 0.15) is 43.2 Å². The molecule has 1 aliphatic carbocycles. The van der Waals surface area contributed by atoms with E-state index in [4.69, 9.17) is 14.2 Å². The molecule has 0 spiro atoms. The molecule has 2 aromatic rings. The van der Waals surface area contributed by atoms with Gasteiger partial charge in [-0.1, -0.05) is 48.5 Å². The Hall–Kier alpha value is -2.90. The predicted octanol–water partition coefficient (Wildman–Crippen LogP) is 3.91. The Bertz CT molecular complexity index is 907. The highest BCUT2D eigenvalue weighted by atomic mass is 16.7. The first-order valence-corrected chi connectivity index (χ1v) is 10.6. The van der Waals surface area contributed by atoms with Crippen LogP contribution in [0.25, 0.3) is 11.1 Å². The van der Waals surface area contributed by atoms with E-state index >= 15 is 0 Å². The van der Waals surface area contributed by atoms with Crippen LogP contribution in [-0.4, -0.2) is 48.8 Å². The van der Waals surface area contributed by atoms with Crippen LogP contribution >= 0.6 is 0 Å². The van der Waals surface area contributed by atoms with Crippen molar-refractivity contribution in [1.29, 1.82) is 0 Å². The Labute approximate surface area is 181 Å². The number of nitrogens with one attached hydrogen (secondary N) is 1. The molecule has 0 unspecified atom stereocenters. The number of carboxylic acid groups (broad SMARTS) is 1. The van der Waals surface area contributed by atoms with Crippen molar-refractivity contribution in [3.63, 3.8) is 0 Å². The van der Waals surface area contributed by atoms with Gasteiger partial charge in [-0.2, -0.15) is 0 Å². The van der Waals surface area contributed by atoms with Crippen molar-refractivity contribution in [2.75, 3.05) is 19.8 Å². The fourth-order valence-electron chi connectivity index (χ4n) is 4.37. The lowest BCUT2D eigenvalue weighted by Gasteiger charge is -2.23. The summed E-state index contributed by atoms with van der Waals surface area (Å²) >= 11 is 0. The lowest BCUT2D eigenvalue weighted by Crippen LogP contribution is -2.41. The molecule has 1 heterocycles. The van der Waals surface area contributed by atoms with Gasteiger partial charge >= 0.3 is 12.1 Å². The van der Waals surface area contributed by atoms with E-state index in [9.17, 15) is 14.7 Å². The van der Waals surface area contributed by atoms with Gasteiger partial charge in [-0.3, -0.25) is 0 Å². The third-order valence-corrected chi connectivity index (χ3v) is 5.96. The Morgan fingerprint density at radius 3 is 2.26 bits per heavy atom. The monoisotopic (exact) mass is 425 g/mol. The quantitative estimate of drug-likeness (QED) is 0.666. The molecule has 2 aromatic carbocycles. The average molecular weight is 425 g/mol. The molecule has 7 heteroatoms. The van der Waals surface area contributed by atoms with Crippen LogP contribution in [0, 0.1) is 0 Å². The second-order valence-electron chi connectivity index (χ2n) is 8.08. The molecular formula is C24H27NO6. The van der Waals surface area contributed by atoms with E-state index in [1.807, 2.05) is 43.3 Å². The van der Waals surface area contributed by atoms with Gasteiger partial charge in [-0.05, 0) is 42.0 Å². The number of benzene rings is 2. The molecule has 31 heavy (non-hydrogen) atoms. The Morgan fingerprint density at radius 1 is 1.10 bits per heavy atom. The Morgan fingerprint density at radius 2 is 1.68 bits per heavy atom. The SMILES string of the molecule is CC1(CCC[C@H](NC(=O)OCC2c3ccccc3-c3ccccc32)C(=O)O)OCCO1. The van der Waals surface area contributed by atoms with Gasteiger partial charge in [0.05, 0.1) is 13.2 Å². The minimum absolute atomic E-state index is 0.0713. The summed E-state index contributed by atoms with van der Waals surface area (Å²) < 4.78 is 16.5. The molecule has 1 aliphatic heterocycles. The highest BCUT2D eigenvalue weighted by Crippen LogP contribution is 2.44. The zero-order valence-electron chi connectivity index (χ0n) is 17.5. The molecule has 1 amide bonds. The second-order valence-corrected chi connectivity index (χ2v) is 8.08. The number of amides is 1. The highest BCUT2D eigenvalue weighted by molar-refractivity contribution is 5.81. The number of alkyl carbamates (subject to hydrolysis) is 1. The normalized spacial score (nSPS) is 17.6. The van der Waals surface area contributed by atoms with Crippen LogP contribution in [-0.2, 0) is 19.0 Å². The smallest absolute Gasteiger partial charge is 0.407 e. The van der Waals surface area contributed by atoms with E-state index in [2.05, 4.69) is 17.4 Å². The number of carbonyl (C=O) groups is 2. The third kappa shape index (κ3) is 4.73. The maximum Gasteiger partial charge on any atom is 0.407 e. The molecule has 7 nitrogen and oxygen atoms in total. The van der Waals surface area contributed by atoms with E-state index in [-0.39, 0.29) is 18.9 Å². The summed E-state index contributed by atoms with van der Waals surface area (Å²) in [4.78, 5) is 24.0. The third-order valence-electron chi connectivity index (χ3n) is 5.96. The van der Waals surface area contributed by atoms with Gasteiger partial charge < -0.3 is 24.6 Å². The number of fused-ring (bicyclic) bond motifs is 3. The van der Waals surface area contributed by atoms with E-state index in [1.165, 1.54) is 0 Å².